The number of aromatic hydroxyl groups is 1. The van der Waals surface area contributed by atoms with Crippen LogP contribution in [0.1, 0.15) is 22.3 Å². The molecule has 1 aromatic rings. The molecular formula is C16H20N2O3. The summed E-state index contributed by atoms with van der Waals surface area (Å²) in [4.78, 5) is 22.4. The Morgan fingerprint density at radius 2 is 1.52 bits per heavy atom. The van der Waals surface area contributed by atoms with Crippen molar-refractivity contribution in [2.24, 2.45) is 0 Å². The predicted molar refractivity (Wildman–Crippen MR) is 81.7 cm³/mol. The van der Waals surface area contributed by atoms with Gasteiger partial charge in [0.2, 0.25) is 11.8 Å². The number of benzene rings is 1. The summed E-state index contributed by atoms with van der Waals surface area (Å²) in [5.41, 5.74) is 3.10. The number of carbonyl (C=O) groups is 2. The smallest absolute Gasteiger partial charge is 0.243 e. The van der Waals surface area contributed by atoms with E-state index in [-0.39, 0.29) is 24.1 Å². The van der Waals surface area contributed by atoms with Crippen LogP contribution in [-0.4, -0.2) is 16.9 Å². The van der Waals surface area contributed by atoms with Gasteiger partial charge >= 0.3 is 0 Å². The molecule has 3 N–H and O–H groups in total. The van der Waals surface area contributed by atoms with Crippen molar-refractivity contribution in [2.45, 2.75) is 26.9 Å². The predicted octanol–water partition coefficient (Wildman–Crippen LogP) is 1.61. The minimum absolute atomic E-state index is 0.149. The van der Waals surface area contributed by atoms with Crippen LogP contribution in [0.3, 0.4) is 0 Å². The van der Waals surface area contributed by atoms with Crippen molar-refractivity contribution in [2.75, 3.05) is 0 Å². The van der Waals surface area contributed by atoms with Crippen LogP contribution >= 0.6 is 0 Å². The number of amides is 2. The highest BCUT2D eigenvalue weighted by molar-refractivity contribution is 5.87. The molecule has 0 radical (unpaired) electrons. The van der Waals surface area contributed by atoms with E-state index in [9.17, 15) is 14.7 Å². The molecule has 2 amide bonds. The van der Waals surface area contributed by atoms with Gasteiger partial charge in [0.15, 0.2) is 0 Å². The second-order valence-electron chi connectivity index (χ2n) is 4.64. The molecule has 0 aliphatic carbocycles. The van der Waals surface area contributed by atoms with Crippen LogP contribution in [0.2, 0.25) is 0 Å². The van der Waals surface area contributed by atoms with Gasteiger partial charge in [0.1, 0.15) is 5.75 Å². The SMILES string of the molecule is C=CC(=O)NCc1cc(CNC(=O)C=C)c(O)c(C)c1C. The summed E-state index contributed by atoms with van der Waals surface area (Å²) in [6.45, 7) is 11.0. The Kier molecular flexibility index (Phi) is 5.72. The van der Waals surface area contributed by atoms with Gasteiger partial charge < -0.3 is 15.7 Å². The van der Waals surface area contributed by atoms with Crippen molar-refractivity contribution in [3.05, 3.63) is 53.6 Å². The van der Waals surface area contributed by atoms with E-state index in [1.807, 2.05) is 6.92 Å². The highest BCUT2D eigenvalue weighted by Gasteiger charge is 2.12. The van der Waals surface area contributed by atoms with E-state index in [1.54, 1.807) is 13.0 Å². The Labute approximate surface area is 124 Å². The third-order valence-electron chi connectivity index (χ3n) is 3.33. The summed E-state index contributed by atoms with van der Waals surface area (Å²) in [5, 5.41) is 15.4. The highest BCUT2D eigenvalue weighted by Crippen LogP contribution is 2.28. The molecule has 0 fully saturated rings. The van der Waals surface area contributed by atoms with Crippen molar-refractivity contribution >= 4 is 11.8 Å². The highest BCUT2D eigenvalue weighted by atomic mass is 16.3. The largest absolute Gasteiger partial charge is 0.507 e. The minimum atomic E-state index is -0.311. The first-order valence-electron chi connectivity index (χ1n) is 6.52. The first kappa shape index (κ1) is 16.5. The Hall–Kier alpha value is -2.56. The molecule has 0 heterocycles. The van der Waals surface area contributed by atoms with Gasteiger partial charge in [0, 0.05) is 18.7 Å². The molecule has 1 aromatic carbocycles. The Balaban J connectivity index is 3.00. The minimum Gasteiger partial charge on any atom is -0.507 e. The van der Waals surface area contributed by atoms with E-state index in [1.165, 1.54) is 12.2 Å². The van der Waals surface area contributed by atoms with Gasteiger partial charge in [-0.15, -0.1) is 0 Å². The van der Waals surface area contributed by atoms with Crippen LogP contribution in [0.25, 0.3) is 0 Å². The molecule has 5 heteroatoms. The van der Waals surface area contributed by atoms with Crippen molar-refractivity contribution in [1.82, 2.24) is 10.6 Å². The van der Waals surface area contributed by atoms with Gasteiger partial charge in [-0.3, -0.25) is 9.59 Å². The molecule has 0 saturated heterocycles. The molecule has 0 saturated carbocycles. The standard InChI is InChI=1S/C16H20N2O3/c1-5-14(19)17-8-12-7-13(9-18-15(20)6-2)16(21)11(4)10(12)3/h5-7,21H,1-2,8-9H2,3-4H3,(H,17,19)(H,18,20). The zero-order chi connectivity index (χ0) is 16.0. The fraction of sp³-hybridized carbons (Fsp3) is 0.250. The topological polar surface area (TPSA) is 78.4 Å². The molecule has 0 atom stereocenters. The number of nitrogens with one attached hydrogen (secondary N) is 2. The van der Waals surface area contributed by atoms with E-state index in [0.29, 0.717) is 12.1 Å². The molecule has 21 heavy (non-hydrogen) atoms. The maximum absolute atomic E-state index is 11.2. The molecule has 0 aliphatic rings. The normalized spacial score (nSPS) is 9.81. The van der Waals surface area contributed by atoms with E-state index in [2.05, 4.69) is 23.8 Å². The zero-order valence-corrected chi connectivity index (χ0v) is 12.3. The number of hydrogen-bond donors (Lipinski definition) is 3. The quantitative estimate of drug-likeness (QED) is 0.696. The summed E-state index contributed by atoms with van der Waals surface area (Å²) < 4.78 is 0. The molecule has 0 unspecified atom stereocenters. The van der Waals surface area contributed by atoms with Gasteiger partial charge in [-0.05, 0) is 48.8 Å². The number of rotatable bonds is 6. The van der Waals surface area contributed by atoms with Crippen LogP contribution in [0.15, 0.2) is 31.4 Å². The zero-order valence-electron chi connectivity index (χ0n) is 12.3. The van der Waals surface area contributed by atoms with Gasteiger partial charge in [0.25, 0.3) is 0 Å². The average Bonchev–Trinajstić information content (AvgIpc) is 2.50. The van der Waals surface area contributed by atoms with E-state index >= 15 is 0 Å². The molecular weight excluding hydrogens is 268 g/mol. The van der Waals surface area contributed by atoms with Crippen molar-refractivity contribution in [3.8, 4) is 5.75 Å². The lowest BCUT2D eigenvalue weighted by Crippen LogP contribution is -2.22. The number of phenolic OH excluding ortho intramolecular Hbond substituents is 1. The van der Waals surface area contributed by atoms with Crippen LogP contribution in [0.5, 0.6) is 5.75 Å². The first-order valence-corrected chi connectivity index (χ1v) is 6.52. The third-order valence-corrected chi connectivity index (χ3v) is 3.33. The number of carbonyl (C=O) groups excluding carboxylic acids is 2. The maximum Gasteiger partial charge on any atom is 0.243 e. The monoisotopic (exact) mass is 288 g/mol. The number of hydrogen-bond acceptors (Lipinski definition) is 3. The fourth-order valence-corrected chi connectivity index (χ4v) is 1.87. The van der Waals surface area contributed by atoms with Crippen LogP contribution < -0.4 is 10.6 Å². The second kappa shape index (κ2) is 7.28. The molecule has 0 bridgehead atoms. The van der Waals surface area contributed by atoms with E-state index < -0.39 is 0 Å². The van der Waals surface area contributed by atoms with Crippen LogP contribution in [0.4, 0.5) is 0 Å². The van der Waals surface area contributed by atoms with Crippen LogP contribution in [0, 0.1) is 13.8 Å². The summed E-state index contributed by atoms with van der Waals surface area (Å²) in [6.07, 6.45) is 2.37. The molecule has 112 valence electrons. The average molecular weight is 288 g/mol. The Bertz CT molecular complexity index is 543. The summed E-state index contributed by atoms with van der Waals surface area (Å²) in [7, 11) is 0. The van der Waals surface area contributed by atoms with Gasteiger partial charge in [-0.2, -0.15) is 0 Å². The lowest BCUT2D eigenvalue weighted by Gasteiger charge is -2.15. The van der Waals surface area contributed by atoms with Crippen molar-refractivity contribution < 1.29 is 14.7 Å². The van der Waals surface area contributed by atoms with Gasteiger partial charge in [0.05, 0.1) is 0 Å². The molecule has 0 spiro atoms. The van der Waals surface area contributed by atoms with Gasteiger partial charge in [-0.1, -0.05) is 13.2 Å². The van der Waals surface area contributed by atoms with E-state index in [4.69, 9.17) is 0 Å². The summed E-state index contributed by atoms with van der Waals surface area (Å²) in [5.74, 6) is -0.425. The van der Waals surface area contributed by atoms with Gasteiger partial charge in [-0.25, -0.2) is 0 Å². The molecule has 0 aliphatic heterocycles. The maximum atomic E-state index is 11.2. The summed E-state index contributed by atoms with van der Waals surface area (Å²) in [6, 6.07) is 1.77. The van der Waals surface area contributed by atoms with Crippen LogP contribution in [-0.2, 0) is 22.7 Å². The Morgan fingerprint density at radius 3 is 2.00 bits per heavy atom. The molecule has 0 aromatic heterocycles. The van der Waals surface area contributed by atoms with E-state index in [0.717, 1.165) is 16.7 Å². The second-order valence-corrected chi connectivity index (χ2v) is 4.64. The fourth-order valence-electron chi connectivity index (χ4n) is 1.87. The third kappa shape index (κ3) is 4.21. The Morgan fingerprint density at radius 1 is 1.05 bits per heavy atom. The molecule has 5 nitrogen and oxygen atoms in total. The van der Waals surface area contributed by atoms with Crippen molar-refractivity contribution in [1.29, 1.82) is 0 Å². The lowest BCUT2D eigenvalue weighted by atomic mass is 9.97. The lowest BCUT2D eigenvalue weighted by molar-refractivity contribution is -0.117. The number of phenols is 1. The first-order chi connectivity index (χ1) is 9.90. The summed E-state index contributed by atoms with van der Waals surface area (Å²) >= 11 is 0. The molecule has 1 rings (SSSR count). The van der Waals surface area contributed by atoms with Crippen molar-refractivity contribution in [3.63, 3.8) is 0 Å².